The van der Waals surface area contributed by atoms with Crippen LogP contribution in [0.1, 0.15) is 49.4 Å². The van der Waals surface area contributed by atoms with Crippen LogP contribution in [0.3, 0.4) is 0 Å². The van der Waals surface area contributed by atoms with Crippen molar-refractivity contribution in [3.63, 3.8) is 0 Å². The molecule has 1 atom stereocenters. The molecule has 2 heterocycles. The average Bonchev–Trinajstić information content (AvgIpc) is 2.80. The van der Waals surface area contributed by atoms with E-state index in [0.29, 0.717) is 5.56 Å². The van der Waals surface area contributed by atoms with E-state index in [4.69, 9.17) is 4.98 Å². The fourth-order valence-electron chi connectivity index (χ4n) is 3.26. The van der Waals surface area contributed by atoms with E-state index in [1.54, 1.807) is 0 Å². The molecule has 1 aliphatic carbocycles. The van der Waals surface area contributed by atoms with Gasteiger partial charge >= 0.3 is 0 Å². The summed E-state index contributed by atoms with van der Waals surface area (Å²) in [5.41, 5.74) is 2.51. The highest BCUT2D eigenvalue weighted by Gasteiger charge is 2.27. The normalized spacial score (nSPS) is 25.9. The van der Waals surface area contributed by atoms with Gasteiger partial charge in [0, 0.05) is 18.8 Å². The summed E-state index contributed by atoms with van der Waals surface area (Å²) in [5.74, 6) is 0.825. The zero-order chi connectivity index (χ0) is 14.2. The Labute approximate surface area is 120 Å². The molecule has 1 aromatic rings. The second kappa shape index (κ2) is 5.06. The number of aliphatic hydroxyl groups is 1. The lowest BCUT2D eigenvalue weighted by molar-refractivity contribution is 0.0481. The molecule has 3 rings (SSSR count). The maximum Gasteiger partial charge on any atom is 0.146 e. The lowest BCUT2D eigenvalue weighted by Gasteiger charge is -2.24. The lowest BCUT2D eigenvalue weighted by atomic mass is 9.98. The third-order valence-electron chi connectivity index (χ3n) is 4.51. The van der Waals surface area contributed by atoms with Gasteiger partial charge in [-0.05, 0) is 57.1 Å². The van der Waals surface area contributed by atoms with Crippen LogP contribution in [0.5, 0.6) is 0 Å². The van der Waals surface area contributed by atoms with Gasteiger partial charge in [0.25, 0.3) is 0 Å². The van der Waals surface area contributed by atoms with E-state index in [-0.39, 0.29) is 0 Å². The van der Waals surface area contributed by atoms with Gasteiger partial charge < -0.3 is 10.0 Å². The van der Waals surface area contributed by atoms with Gasteiger partial charge in [-0.2, -0.15) is 5.26 Å². The lowest BCUT2D eigenvalue weighted by Crippen LogP contribution is -2.29. The van der Waals surface area contributed by atoms with Crippen LogP contribution in [-0.2, 0) is 12.8 Å². The smallest absolute Gasteiger partial charge is 0.146 e. The minimum absolute atomic E-state index is 0.585. The summed E-state index contributed by atoms with van der Waals surface area (Å²) in [6.07, 6.45) is 5.71. The number of pyridine rings is 1. The van der Waals surface area contributed by atoms with Crippen molar-refractivity contribution in [2.45, 2.75) is 51.0 Å². The molecule has 106 valence electrons. The van der Waals surface area contributed by atoms with E-state index >= 15 is 0 Å². The Hall–Kier alpha value is -1.60. The van der Waals surface area contributed by atoms with Gasteiger partial charge in [0.05, 0.1) is 11.2 Å². The highest BCUT2D eigenvalue weighted by Crippen LogP contribution is 2.30. The fraction of sp³-hybridized carbons (Fsp3) is 0.625. The summed E-state index contributed by atoms with van der Waals surface area (Å²) >= 11 is 0. The zero-order valence-electron chi connectivity index (χ0n) is 12.0. The molecule has 1 N–H and O–H groups in total. The first-order valence-electron chi connectivity index (χ1n) is 7.49. The molecule has 1 saturated heterocycles. The van der Waals surface area contributed by atoms with Crippen LogP contribution in [0.15, 0.2) is 6.07 Å². The number of hydrogen-bond donors (Lipinski definition) is 1. The fourth-order valence-corrected chi connectivity index (χ4v) is 3.26. The van der Waals surface area contributed by atoms with Gasteiger partial charge in [-0.15, -0.1) is 0 Å². The maximum absolute atomic E-state index is 10.2. The Morgan fingerprint density at radius 3 is 2.95 bits per heavy atom. The average molecular weight is 271 g/mol. The summed E-state index contributed by atoms with van der Waals surface area (Å²) in [5, 5.41) is 19.6. The third-order valence-corrected chi connectivity index (χ3v) is 4.51. The monoisotopic (exact) mass is 271 g/mol. The number of nitrogens with zero attached hydrogens (tertiary/aromatic N) is 3. The zero-order valence-corrected chi connectivity index (χ0v) is 12.0. The summed E-state index contributed by atoms with van der Waals surface area (Å²) in [4.78, 5) is 6.94. The maximum atomic E-state index is 10.2. The Bertz CT molecular complexity index is 560. The van der Waals surface area contributed by atoms with Gasteiger partial charge in [0.1, 0.15) is 11.9 Å². The number of aryl methyl sites for hydroxylation is 2. The first-order valence-corrected chi connectivity index (χ1v) is 7.49. The molecule has 1 aromatic heterocycles. The van der Waals surface area contributed by atoms with Crippen LogP contribution in [0.4, 0.5) is 5.82 Å². The first kappa shape index (κ1) is 13.4. The SMILES string of the molecule is CC1(O)CCCN(c2nc3c(cc2C#N)CCC3)CC1. The Kier molecular flexibility index (Phi) is 3.39. The molecule has 0 amide bonds. The number of nitriles is 1. The molecule has 4 heteroatoms. The molecule has 1 aliphatic heterocycles. The Balaban J connectivity index is 1.92. The highest BCUT2D eigenvalue weighted by atomic mass is 16.3. The molecule has 0 aromatic carbocycles. The molecule has 4 nitrogen and oxygen atoms in total. The second-order valence-electron chi connectivity index (χ2n) is 6.27. The van der Waals surface area contributed by atoms with Gasteiger partial charge in [-0.1, -0.05) is 0 Å². The number of aromatic nitrogens is 1. The molecule has 0 bridgehead atoms. The number of rotatable bonds is 1. The number of hydrogen-bond acceptors (Lipinski definition) is 4. The minimum atomic E-state index is -0.585. The van der Waals surface area contributed by atoms with Crippen molar-refractivity contribution in [3.8, 4) is 6.07 Å². The molecule has 1 unspecified atom stereocenters. The van der Waals surface area contributed by atoms with Crippen molar-refractivity contribution in [1.82, 2.24) is 4.98 Å². The third kappa shape index (κ3) is 2.51. The summed E-state index contributed by atoms with van der Waals surface area (Å²) in [6, 6.07) is 4.32. The summed E-state index contributed by atoms with van der Waals surface area (Å²) < 4.78 is 0. The van der Waals surface area contributed by atoms with Gasteiger partial charge in [-0.3, -0.25) is 0 Å². The van der Waals surface area contributed by atoms with E-state index < -0.39 is 5.60 Å². The second-order valence-corrected chi connectivity index (χ2v) is 6.27. The topological polar surface area (TPSA) is 60.1 Å². The molecule has 0 saturated carbocycles. The Morgan fingerprint density at radius 2 is 2.15 bits per heavy atom. The van der Waals surface area contributed by atoms with Crippen LogP contribution in [0.25, 0.3) is 0 Å². The molecule has 20 heavy (non-hydrogen) atoms. The predicted octanol–water partition coefficient (Wildman–Crippen LogP) is 2.18. The van der Waals surface area contributed by atoms with E-state index in [2.05, 4.69) is 11.0 Å². The quantitative estimate of drug-likeness (QED) is 0.850. The molecule has 0 radical (unpaired) electrons. The van der Waals surface area contributed by atoms with Gasteiger partial charge in [0.15, 0.2) is 0 Å². The van der Waals surface area contributed by atoms with Gasteiger partial charge in [-0.25, -0.2) is 4.98 Å². The van der Waals surface area contributed by atoms with E-state index in [9.17, 15) is 10.4 Å². The standard InChI is InChI=1S/C16H21N3O/c1-16(20)6-3-8-19(9-7-16)15-13(11-17)10-12-4-2-5-14(12)18-15/h10,20H,2-9H2,1H3. The van der Waals surface area contributed by atoms with Crippen molar-refractivity contribution in [1.29, 1.82) is 5.26 Å². The van der Waals surface area contributed by atoms with E-state index in [1.807, 2.05) is 13.0 Å². The number of fused-ring (bicyclic) bond motifs is 1. The summed E-state index contributed by atoms with van der Waals surface area (Å²) in [6.45, 7) is 3.54. The molecule has 1 fully saturated rings. The van der Waals surface area contributed by atoms with Gasteiger partial charge in [0.2, 0.25) is 0 Å². The van der Waals surface area contributed by atoms with Crippen molar-refractivity contribution >= 4 is 5.82 Å². The van der Waals surface area contributed by atoms with Crippen molar-refractivity contribution < 1.29 is 5.11 Å². The van der Waals surface area contributed by atoms with Crippen LogP contribution in [0, 0.1) is 11.3 Å². The van der Waals surface area contributed by atoms with Crippen LogP contribution in [-0.4, -0.2) is 28.8 Å². The highest BCUT2D eigenvalue weighted by molar-refractivity contribution is 5.57. The predicted molar refractivity (Wildman–Crippen MR) is 77.7 cm³/mol. The molecule has 2 aliphatic rings. The largest absolute Gasteiger partial charge is 0.390 e. The van der Waals surface area contributed by atoms with Crippen LogP contribution in [0.2, 0.25) is 0 Å². The van der Waals surface area contributed by atoms with E-state index in [1.165, 1.54) is 5.56 Å². The van der Waals surface area contributed by atoms with E-state index in [0.717, 1.165) is 63.1 Å². The first-order chi connectivity index (χ1) is 9.59. The van der Waals surface area contributed by atoms with Crippen molar-refractivity contribution in [2.75, 3.05) is 18.0 Å². The molecular formula is C16H21N3O. The molecule has 0 spiro atoms. The van der Waals surface area contributed by atoms with Crippen molar-refractivity contribution in [3.05, 3.63) is 22.9 Å². The minimum Gasteiger partial charge on any atom is -0.390 e. The number of anilines is 1. The van der Waals surface area contributed by atoms with Crippen LogP contribution >= 0.6 is 0 Å². The Morgan fingerprint density at radius 1 is 1.30 bits per heavy atom. The van der Waals surface area contributed by atoms with Crippen molar-refractivity contribution in [2.24, 2.45) is 0 Å². The molecular weight excluding hydrogens is 250 g/mol. The van der Waals surface area contributed by atoms with Crippen LogP contribution < -0.4 is 4.90 Å². The summed E-state index contributed by atoms with van der Waals surface area (Å²) in [7, 11) is 0.